The predicted octanol–water partition coefficient (Wildman–Crippen LogP) is 5.36. The molecule has 0 bridgehead atoms. The standard InChI is InChI=1S/C23H18N4O3S/c1-14-18-13-19(31-22(18)27(26-14)17-11-7-4-8-12-17)23(28)29-15(2)20-24-25-21(30-20)16-9-5-3-6-10-16/h3-13,15H,1-2H3/t15-/m0/s1. The summed E-state index contributed by atoms with van der Waals surface area (Å²) in [5.41, 5.74) is 2.60. The second-order valence-electron chi connectivity index (χ2n) is 7.02. The molecule has 0 spiro atoms. The van der Waals surface area contributed by atoms with Crippen LogP contribution in [0.2, 0.25) is 0 Å². The summed E-state index contributed by atoms with van der Waals surface area (Å²) in [6.07, 6.45) is -0.672. The minimum absolute atomic E-state index is 0.250. The first-order chi connectivity index (χ1) is 15.1. The van der Waals surface area contributed by atoms with Crippen LogP contribution in [0.4, 0.5) is 0 Å². The molecule has 31 heavy (non-hydrogen) atoms. The van der Waals surface area contributed by atoms with Crippen molar-refractivity contribution in [1.29, 1.82) is 0 Å². The maximum Gasteiger partial charge on any atom is 0.349 e. The van der Waals surface area contributed by atoms with Crippen LogP contribution in [0.1, 0.15) is 34.3 Å². The van der Waals surface area contributed by atoms with Gasteiger partial charge in [-0.05, 0) is 44.2 Å². The normalized spacial score (nSPS) is 12.2. The Morgan fingerprint density at radius 3 is 2.52 bits per heavy atom. The zero-order valence-corrected chi connectivity index (χ0v) is 17.7. The van der Waals surface area contributed by atoms with Crippen LogP contribution in [0.25, 0.3) is 27.4 Å². The highest BCUT2D eigenvalue weighted by atomic mass is 32.1. The fraction of sp³-hybridized carbons (Fsp3) is 0.130. The second kappa shape index (κ2) is 7.81. The summed E-state index contributed by atoms with van der Waals surface area (Å²) in [4.78, 5) is 14.2. The van der Waals surface area contributed by atoms with Crippen LogP contribution in [0, 0.1) is 6.92 Å². The molecule has 0 saturated heterocycles. The lowest BCUT2D eigenvalue weighted by molar-refractivity contribution is 0.0286. The van der Waals surface area contributed by atoms with Crippen LogP contribution in [0.15, 0.2) is 71.1 Å². The topological polar surface area (TPSA) is 83.0 Å². The zero-order chi connectivity index (χ0) is 21.4. The minimum Gasteiger partial charge on any atom is -0.448 e. The molecule has 2 aromatic carbocycles. The average Bonchev–Trinajstić information content (AvgIpc) is 3.52. The molecule has 0 radical (unpaired) electrons. The monoisotopic (exact) mass is 430 g/mol. The van der Waals surface area contributed by atoms with Crippen molar-refractivity contribution in [1.82, 2.24) is 20.0 Å². The lowest BCUT2D eigenvalue weighted by Crippen LogP contribution is -2.08. The van der Waals surface area contributed by atoms with Crippen LogP contribution in [0.5, 0.6) is 0 Å². The third-order valence-corrected chi connectivity index (χ3v) is 5.93. The molecule has 0 fully saturated rings. The van der Waals surface area contributed by atoms with Gasteiger partial charge < -0.3 is 9.15 Å². The highest BCUT2D eigenvalue weighted by Crippen LogP contribution is 2.32. The summed E-state index contributed by atoms with van der Waals surface area (Å²) in [5.74, 6) is 0.200. The minimum atomic E-state index is -0.672. The van der Waals surface area contributed by atoms with Gasteiger partial charge in [0.1, 0.15) is 9.71 Å². The summed E-state index contributed by atoms with van der Waals surface area (Å²) in [5, 5.41) is 13.6. The van der Waals surface area contributed by atoms with E-state index >= 15 is 0 Å². The predicted molar refractivity (Wildman–Crippen MR) is 117 cm³/mol. The van der Waals surface area contributed by atoms with E-state index in [1.807, 2.05) is 78.3 Å². The van der Waals surface area contributed by atoms with E-state index in [1.54, 1.807) is 6.92 Å². The van der Waals surface area contributed by atoms with Gasteiger partial charge in [0, 0.05) is 10.9 Å². The van der Waals surface area contributed by atoms with Crippen molar-refractivity contribution in [3.05, 3.63) is 83.2 Å². The number of carbonyl (C=O) groups is 1. The molecular weight excluding hydrogens is 412 g/mol. The number of ether oxygens (including phenoxy) is 1. The smallest absolute Gasteiger partial charge is 0.349 e. The Balaban J connectivity index is 1.38. The Bertz CT molecular complexity index is 1360. The van der Waals surface area contributed by atoms with E-state index in [9.17, 15) is 4.79 Å². The van der Waals surface area contributed by atoms with E-state index < -0.39 is 12.1 Å². The fourth-order valence-electron chi connectivity index (χ4n) is 3.26. The summed E-state index contributed by atoms with van der Waals surface area (Å²) in [6, 6.07) is 21.1. The van der Waals surface area contributed by atoms with E-state index in [0.29, 0.717) is 10.8 Å². The van der Waals surface area contributed by atoms with Gasteiger partial charge in [-0.15, -0.1) is 21.5 Å². The van der Waals surface area contributed by atoms with Gasteiger partial charge in [-0.25, -0.2) is 9.48 Å². The van der Waals surface area contributed by atoms with Crippen LogP contribution in [-0.4, -0.2) is 25.9 Å². The Morgan fingerprint density at radius 1 is 1.06 bits per heavy atom. The van der Waals surface area contributed by atoms with Crippen LogP contribution >= 0.6 is 11.3 Å². The van der Waals surface area contributed by atoms with Gasteiger partial charge in [-0.3, -0.25) is 0 Å². The number of aromatic nitrogens is 4. The maximum absolute atomic E-state index is 12.8. The van der Waals surface area contributed by atoms with Gasteiger partial charge in [0.25, 0.3) is 5.89 Å². The lowest BCUT2D eigenvalue weighted by atomic mass is 10.2. The number of hydrogen-bond acceptors (Lipinski definition) is 7. The number of para-hydroxylation sites is 1. The molecule has 5 rings (SSSR count). The van der Waals surface area contributed by atoms with Gasteiger partial charge in [-0.2, -0.15) is 5.10 Å². The van der Waals surface area contributed by atoms with Crippen molar-refractivity contribution >= 4 is 27.5 Å². The number of esters is 1. The SMILES string of the molecule is Cc1nn(-c2ccccc2)c2sc(C(=O)O[C@@H](C)c3nnc(-c4ccccc4)o3)cc12. The molecule has 7 nitrogen and oxygen atoms in total. The second-order valence-corrected chi connectivity index (χ2v) is 8.05. The molecule has 5 aromatic rings. The molecule has 154 valence electrons. The molecule has 3 heterocycles. The number of rotatable bonds is 5. The highest BCUT2D eigenvalue weighted by Gasteiger charge is 2.23. The average molecular weight is 430 g/mol. The third-order valence-electron chi connectivity index (χ3n) is 4.84. The van der Waals surface area contributed by atoms with Gasteiger partial charge in [0.15, 0.2) is 6.10 Å². The van der Waals surface area contributed by atoms with Crippen molar-refractivity contribution in [2.24, 2.45) is 0 Å². The van der Waals surface area contributed by atoms with Gasteiger partial charge >= 0.3 is 5.97 Å². The first-order valence-corrected chi connectivity index (χ1v) is 10.6. The van der Waals surface area contributed by atoms with Crippen molar-refractivity contribution < 1.29 is 13.9 Å². The van der Waals surface area contributed by atoms with Crippen molar-refractivity contribution in [2.75, 3.05) is 0 Å². The molecule has 0 unspecified atom stereocenters. The van der Waals surface area contributed by atoms with Crippen LogP contribution in [0.3, 0.4) is 0 Å². The Labute approximate surface area is 181 Å². The Kier molecular flexibility index (Phi) is 4.83. The summed E-state index contributed by atoms with van der Waals surface area (Å²) in [7, 11) is 0. The molecule has 0 aliphatic carbocycles. The molecule has 0 amide bonds. The maximum atomic E-state index is 12.8. The Hall–Kier alpha value is -3.78. The molecule has 0 N–H and O–H groups in total. The number of carbonyl (C=O) groups excluding carboxylic acids is 1. The first kappa shape index (κ1) is 19.2. The molecule has 0 saturated carbocycles. The third kappa shape index (κ3) is 3.62. The molecular formula is C23H18N4O3S. The van der Waals surface area contributed by atoms with Crippen molar-refractivity contribution in [3.63, 3.8) is 0 Å². The molecule has 3 aromatic heterocycles. The molecule has 1 atom stereocenters. The number of thiophene rings is 1. The zero-order valence-electron chi connectivity index (χ0n) is 16.9. The first-order valence-electron chi connectivity index (χ1n) is 9.74. The molecule has 8 heteroatoms. The van der Waals surface area contributed by atoms with E-state index in [2.05, 4.69) is 15.3 Å². The lowest BCUT2D eigenvalue weighted by Gasteiger charge is -2.08. The quantitative estimate of drug-likeness (QED) is 0.349. The van der Waals surface area contributed by atoms with Gasteiger partial charge in [-0.1, -0.05) is 36.4 Å². The van der Waals surface area contributed by atoms with Gasteiger partial charge in [0.05, 0.1) is 11.4 Å². The van der Waals surface area contributed by atoms with Gasteiger partial charge in [0.2, 0.25) is 5.89 Å². The molecule has 0 aliphatic rings. The number of aryl methyl sites for hydroxylation is 1. The molecule has 0 aliphatic heterocycles. The van der Waals surface area contributed by atoms with E-state index in [-0.39, 0.29) is 5.89 Å². The number of hydrogen-bond donors (Lipinski definition) is 0. The van der Waals surface area contributed by atoms with E-state index in [0.717, 1.165) is 27.2 Å². The van der Waals surface area contributed by atoms with Crippen LogP contribution in [-0.2, 0) is 4.74 Å². The Morgan fingerprint density at radius 2 is 1.77 bits per heavy atom. The van der Waals surface area contributed by atoms with Crippen molar-refractivity contribution in [2.45, 2.75) is 20.0 Å². The summed E-state index contributed by atoms with van der Waals surface area (Å²) < 4.78 is 13.1. The van der Waals surface area contributed by atoms with Crippen molar-refractivity contribution in [3.8, 4) is 17.1 Å². The largest absolute Gasteiger partial charge is 0.448 e. The van der Waals surface area contributed by atoms with E-state index in [4.69, 9.17) is 9.15 Å². The van der Waals surface area contributed by atoms with E-state index in [1.165, 1.54) is 11.3 Å². The highest BCUT2D eigenvalue weighted by molar-refractivity contribution is 7.20. The number of nitrogens with zero attached hydrogens (tertiary/aromatic N) is 4. The van der Waals surface area contributed by atoms with Crippen LogP contribution < -0.4 is 0 Å². The summed E-state index contributed by atoms with van der Waals surface area (Å²) >= 11 is 1.35. The number of fused-ring (bicyclic) bond motifs is 1. The number of benzene rings is 2. The fourth-order valence-corrected chi connectivity index (χ4v) is 4.32. The summed E-state index contributed by atoms with van der Waals surface area (Å²) in [6.45, 7) is 3.64.